The van der Waals surface area contributed by atoms with Crippen molar-refractivity contribution >= 4 is 16.8 Å². The van der Waals surface area contributed by atoms with Crippen LogP contribution in [0, 0.1) is 11.6 Å². The van der Waals surface area contributed by atoms with Gasteiger partial charge in [0.1, 0.15) is 11.6 Å². The molecule has 32 heavy (non-hydrogen) atoms. The van der Waals surface area contributed by atoms with Crippen molar-refractivity contribution in [3.05, 3.63) is 65.9 Å². The summed E-state index contributed by atoms with van der Waals surface area (Å²) in [5.41, 5.74) is 1.06. The second-order valence-corrected chi connectivity index (χ2v) is 8.16. The Hall–Kier alpha value is -3.26. The van der Waals surface area contributed by atoms with Gasteiger partial charge in [0.25, 0.3) is 5.91 Å². The molecule has 3 aromatic rings. The van der Waals surface area contributed by atoms with Gasteiger partial charge in [-0.25, -0.2) is 8.78 Å². The predicted molar refractivity (Wildman–Crippen MR) is 119 cm³/mol. The summed E-state index contributed by atoms with van der Waals surface area (Å²) in [6, 6.07) is 6.59. The molecule has 1 aromatic heterocycles. The van der Waals surface area contributed by atoms with Gasteiger partial charge in [-0.1, -0.05) is 12.2 Å². The number of fused-ring (bicyclic) bond motifs is 1. The van der Waals surface area contributed by atoms with Crippen LogP contribution in [-0.4, -0.2) is 47.8 Å². The van der Waals surface area contributed by atoms with Gasteiger partial charge >= 0.3 is 0 Å². The van der Waals surface area contributed by atoms with Gasteiger partial charge in [-0.3, -0.25) is 9.48 Å². The fourth-order valence-electron chi connectivity index (χ4n) is 3.76. The van der Waals surface area contributed by atoms with Gasteiger partial charge in [-0.05, 0) is 57.6 Å². The van der Waals surface area contributed by atoms with Crippen molar-refractivity contribution in [2.45, 2.75) is 25.3 Å². The Morgan fingerprint density at radius 2 is 2.09 bits per heavy atom. The molecule has 1 heterocycles. The average Bonchev–Trinajstić information content (AvgIpc) is 3.18. The standard InChI is InChI=1S/C24H26F2N4O2/c1-29(2)11-10-27-24(31)19-14-21-16(15-28-30(21)18-6-4-3-5-7-18)12-23(19)32-22-9-8-17(25)13-20(22)26/h4,6,8-9,12-15,18H,3,5,7,10-11H2,1-2H3,(H,27,31). The molecule has 0 spiro atoms. The zero-order valence-electron chi connectivity index (χ0n) is 18.1. The van der Waals surface area contributed by atoms with Crippen molar-refractivity contribution in [1.29, 1.82) is 0 Å². The van der Waals surface area contributed by atoms with Crippen LogP contribution in [0.1, 0.15) is 35.7 Å². The van der Waals surface area contributed by atoms with Crippen molar-refractivity contribution < 1.29 is 18.3 Å². The molecule has 1 atom stereocenters. The SMILES string of the molecule is CN(C)CCNC(=O)c1cc2c(cnn2C2C=CCCC2)cc1Oc1ccc(F)cc1F. The van der Waals surface area contributed by atoms with Crippen molar-refractivity contribution in [1.82, 2.24) is 20.0 Å². The molecule has 0 fully saturated rings. The number of hydrogen-bond acceptors (Lipinski definition) is 4. The van der Waals surface area contributed by atoms with Crippen LogP contribution >= 0.6 is 0 Å². The zero-order chi connectivity index (χ0) is 22.7. The summed E-state index contributed by atoms with van der Waals surface area (Å²) in [6.45, 7) is 1.11. The summed E-state index contributed by atoms with van der Waals surface area (Å²) in [5.74, 6) is -1.85. The van der Waals surface area contributed by atoms with Crippen LogP contribution in [-0.2, 0) is 0 Å². The number of carbonyl (C=O) groups excluding carboxylic acids is 1. The van der Waals surface area contributed by atoms with Crippen molar-refractivity contribution in [3.63, 3.8) is 0 Å². The summed E-state index contributed by atoms with van der Waals surface area (Å²) < 4.78 is 35.2. The quantitative estimate of drug-likeness (QED) is 0.542. The van der Waals surface area contributed by atoms with E-state index in [-0.39, 0.29) is 29.0 Å². The molecule has 1 aliphatic carbocycles. The molecule has 8 heteroatoms. The predicted octanol–water partition coefficient (Wildman–Crippen LogP) is 4.68. The van der Waals surface area contributed by atoms with Crippen LogP contribution in [0.5, 0.6) is 11.5 Å². The molecule has 1 N–H and O–H groups in total. The molecule has 1 aliphatic rings. The minimum Gasteiger partial charge on any atom is -0.453 e. The van der Waals surface area contributed by atoms with E-state index in [1.165, 1.54) is 6.07 Å². The number of nitrogens with one attached hydrogen (secondary N) is 1. The van der Waals surface area contributed by atoms with Gasteiger partial charge in [0.05, 0.1) is 23.3 Å². The molecule has 0 saturated heterocycles. The first-order valence-corrected chi connectivity index (χ1v) is 10.7. The van der Waals surface area contributed by atoms with Gasteiger partial charge in [0, 0.05) is 24.5 Å². The normalized spacial score (nSPS) is 16.0. The average molecular weight is 440 g/mol. The molecule has 2 aromatic carbocycles. The van der Waals surface area contributed by atoms with Crippen LogP contribution in [0.25, 0.3) is 10.9 Å². The van der Waals surface area contributed by atoms with Crippen LogP contribution in [0.4, 0.5) is 8.78 Å². The molecule has 6 nitrogen and oxygen atoms in total. The van der Waals surface area contributed by atoms with Crippen molar-refractivity contribution in [2.24, 2.45) is 0 Å². The van der Waals surface area contributed by atoms with Gasteiger partial charge in [-0.15, -0.1) is 0 Å². The van der Waals surface area contributed by atoms with Crippen LogP contribution in [0.15, 0.2) is 48.7 Å². The van der Waals surface area contributed by atoms with Crippen LogP contribution in [0.3, 0.4) is 0 Å². The Kier molecular flexibility index (Phi) is 6.50. The molecule has 1 unspecified atom stereocenters. The van der Waals surface area contributed by atoms with E-state index >= 15 is 0 Å². The number of hydrogen-bond donors (Lipinski definition) is 1. The van der Waals surface area contributed by atoms with E-state index < -0.39 is 11.6 Å². The largest absolute Gasteiger partial charge is 0.453 e. The van der Waals surface area contributed by atoms with Gasteiger partial charge < -0.3 is 15.0 Å². The third-order valence-electron chi connectivity index (χ3n) is 5.44. The third kappa shape index (κ3) is 4.80. The first kappa shape index (κ1) is 22.0. The number of allylic oxidation sites excluding steroid dienone is 2. The Morgan fingerprint density at radius 1 is 1.25 bits per heavy atom. The highest BCUT2D eigenvalue weighted by atomic mass is 19.1. The van der Waals surface area contributed by atoms with E-state index in [1.54, 1.807) is 18.3 Å². The number of carbonyl (C=O) groups is 1. The molecule has 4 rings (SSSR count). The summed E-state index contributed by atoms with van der Waals surface area (Å²) >= 11 is 0. The zero-order valence-corrected chi connectivity index (χ0v) is 18.1. The molecule has 0 saturated carbocycles. The number of amides is 1. The number of nitrogens with zero attached hydrogens (tertiary/aromatic N) is 3. The highest BCUT2D eigenvalue weighted by Gasteiger charge is 2.21. The van der Waals surface area contributed by atoms with Gasteiger partial charge in [0.15, 0.2) is 11.6 Å². The smallest absolute Gasteiger partial charge is 0.255 e. The number of aromatic nitrogens is 2. The third-order valence-corrected chi connectivity index (χ3v) is 5.44. The molecule has 168 valence electrons. The van der Waals surface area contributed by atoms with Gasteiger partial charge in [-0.2, -0.15) is 5.10 Å². The first-order chi connectivity index (χ1) is 15.4. The monoisotopic (exact) mass is 440 g/mol. The maximum absolute atomic E-state index is 14.2. The summed E-state index contributed by atoms with van der Waals surface area (Å²) in [6.07, 6.45) is 9.08. The van der Waals surface area contributed by atoms with E-state index in [2.05, 4.69) is 22.6 Å². The lowest BCUT2D eigenvalue weighted by Gasteiger charge is -2.19. The summed E-state index contributed by atoms with van der Waals surface area (Å²) in [5, 5.41) is 8.18. The minimum absolute atomic E-state index is 0.118. The first-order valence-electron chi connectivity index (χ1n) is 10.7. The Bertz CT molecular complexity index is 1160. The summed E-state index contributed by atoms with van der Waals surface area (Å²) in [7, 11) is 3.83. The maximum Gasteiger partial charge on any atom is 0.255 e. The Morgan fingerprint density at radius 3 is 2.81 bits per heavy atom. The molecule has 0 bridgehead atoms. The number of benzene rings is 2. The maximum atomic E-state index is 14.2. The molecular formula is C24H26F2N4O2. The Balaban J connectivity index is 1.73. The number of halogens is 2. The van der Waals surface area contributed by atoms with E-state index in [1.807, 2.05) is 23.7 Å². The minimum atomic E-state index is -0.841. The van der Waals surface area contributed by atoms with Crippen molar-refractivity contribution in [3.8, 4) is 11.5 Å². The van der Waals surface area contributed by atoms with Crippen LogP contribution in [0.2, 0.25) is 0 Å². The lowest BCUT2D eigenvalue weighted by atomic mass is 10.0. The fraction of sp³-hybridized carbons (Fsp3) is 0.333. The highest BCUT2D eigenvalue weighted by Crippen LogP contribution is 2.34. The summed E-state index contributed by atoms with van der Waals surface area (Å²) in [4.78, 5) is 15.0. The number of rotatable bonds is 7. The molecule has 1 amide bonds. The van der Waals surface area contributed by atoms with Crippen LogP contribution < -0.4 is 10.1 Å². The molecule has 0 radical (unpaired) electrons. The molecule has 0 aliphatic heterocycles. The number of ether oxygens (including phenoxy) is 1. The van der Waals surface area contributed by atoms with E-state index in [0.29, 0.717) is 13.1 Å². The topological polar surface area (TPSA) is 59.4 Å². The van der Waals surface area contributed by atoms with E-state index in [4.69, 9.17) is 4.74 Å². The second-order valence-electron chi connectivity index (χ2n) is 8.16. The number of likely N-dealkylation sites (N-methyl/N-ethyl adjacent to an activating group) is 1. The lowest BCUT2D eigenvalue weighted by molar-refractivity contribution is 0.0948. The van der Waals surface area contributed by atoms with Gasteiger partial charge in [0.2, 0.25) is 0 Å². The van der Waals surface area contributed by atoms with Crippen molar-refractivity contribution in [2.75, 3.05) is 27.2 Å². The fourth-order valence-corrected chi connectivity index (χ4v) is 3.76. The second kappa shape index (κ2) is 9.48. The Labute approximate surface area is 185 Å². The highest BCUT2D eigenvalue weighted by molar-refractivity contribution is 6.01. The lowest BCUT2D eigenvalue weighted by Crippen LogP contribution is -2.31. The van der Waals surface area contributed by atoms with E-state index in [0.717, 1.165) is 42.3 Å². The molecular weight excluding hydrogens is 414 g/mol. The van der Waals surface area contributed by atoms with E-state index in [9.17, 15) is 13.6 Å².